The van der Waals surface area contributed by atoms with Crippen LogP contribution in [0, 0.1) is 11.7 Å². The Morgan fingerprint density at radius 2 is 2.21 bits per heavy atom. The van der Waals surface area contributed by atoms with E-state index in [2.05, 4.69) is 20.6 Å². The number of carbonyl (C=O) groups excluding carboxylic acids is 2. The van der Waals surface area contributed by atoms with Gasteiger partial charge in [-0.25, -0.2) is 9.37 Å². The predicted octanol–water partition coefficient (Wildman–Crippen LogP) is 2.58. The molecule has 0 spiro atoms. The molecule has 2 atom stereocenters. The summed E-state index contributed by atoms with van der Waals surface area (Å²) >= 11 is 5.59. The van der Waals surface area contributed by atoms with Gasteiger partial charge in [0.15, 0.2) is 0 Å². The highest BCUT2D eigenvalue weighted by atomic mass is 35.5. The Morgan fingerprint density at radius 1 is 1.42 bits per heavy atom. The summed E-state index contributed by atoms with van der Waals surface area (Å²) in [5.74, 6) is -2.14. The number of rotatable bonds is 3. The van der Waals surface area contributed by atoms with Gasteiger partial charge in [0.25, 0.3) is 0 Å². The molecule has 0 saturated carbocycles. The van der Waals surface area contributed by atoms with Crippen molar-refractivity contribution in [3.05, 3.63) is 46.8 Å². The van der Waals surface area contributed by atoms with Crippen LogP contribution in [-0.4, -0.2) is 21.8 Å². The maximum absolute atomic E-state index is 13.4. The van der Waals surface area contributed by atoms with E-state index in [-0.39, 0.29) is 22.7 Å². The fraction of sp³-hybridized carbons (Fsp3) is 0.312. The van der Waals surface area contributed by atoms with Crippen molar-refractivity contribution in [2.24, 2.45) is 5.92 Å². The summed E-state index contributed by atoms with van der Waals surface area (Å²) in [6.07, 6.45) is 3.20. The number of benzene rings is 1. The van der Waals surface area contributed by atoms with E-state index in [0.29, 0.717) is 0 Å². The number of imidazole rings is 1. The molecule has 3 N–H and O–H groups in total. The Hall–Kier alpha value is -2.41. The lowest BCUT2D eigenvalue weighted by Gasteiger charge is -2.19. The number of fused-ring (bicyclic) bond motifs is 1. The van der Waals surface area contributed by atoms with Gasteiger partial charge in [-0.3, -0.25) is 9.59 Å². The number of hydrogen-bond acceptors (Lipinski definition) is 3. The molecule has 1 aromatic carbocycles. The van der Waals surface area contributed by atoms with Crippen LogP contribution < -0.4 is 10.6 Å². The van der Waals surface area contributed by atoms with Crippen molar-refractivity contribution >= 4 is 29.1 Å². The molecular formula is C16H16ClFN4O2. The number of carbonyl (C=O) groups is 2. The van der Waals surface area contributed by atoms with Gasteiger partial charge < -0.3 is 15.6 Å². The van der Waals surface area contributed by atoms with Crippen LogP contribution in [0.15, 0.2) is 24.5 Å². The van der Waals surface area contributed by atoms with Crippen LogP contribution in [-0.2, 0) is 16.0 Å². The monoisotopic (exact) mass is 350 g/mol. The van der Waals surface area contributed by atoms with Crippen molar-refractivity contribution in [3.8, 4) is 0 Å². The first kappa shape index (κ1) is 16.4. The van der Waals surface area contributed by atoms with Crippen molar-refractivity contribution in [2.75, 3.05) is 5.32 Å². The van der Waals surface area contributed by atoms with Gasteiger partial charge in [-0.15, -0.1) is 0 Å². The third kappa shape index (κ3) is 3.12. The fourth-order valence-electron chi connectivity index (χ4n) is 2.90. The highest BCUT2D eigenvalue weighted by Crippen LogP contribution is 2.35. The summed E-state index contributed by atoms with van der Waals surface area (Å²) in [5.41, 5.74) is 1.91. The summed E-state index contributed by atoms with van der Waals surface area (Å²) in [6, 6.07) is 3.48. The molecule has 2 aromatic rings. The number of aromatic nitrogens is 2. The minimum absolute atomic E-state index is 0.0553. The molecule has 2 amide bonds. The highest BCUT2D eigenvalue weighted by molar-refractivity contribution is 6.39. The first-order valence-corrected chi connectivity index (χ1v) is 7.96. The van der Waals surface area contributed by atoms with E-state index >= 15 is 0 Å². The third-order valence-electron chi connectivity index (χ3n) is 4.18. The molecule has 0 fully saturated rings. The molecule has 126 valence electrons. The van der Waals surface area contributed by atoms with E-state index in [1.165, 1.54) is 12.1 Å². The number of H-pyrrole nitrogens is 1. The van der Waals surface area contributed by atoms with E-state index < -0.39 is 17.6 Å². The maximum atomic E-state index is 13.4. The number of nitrogens with one attached hydrogen (secondary N) is 3. The Balaban J connectivity index is 1.68. The SMILES string of the molecule is CCC1Cc2[nH]cnc2C1NC(=O)C(=O)Nc1ccc(Cl)c(F)c1. The normalized spacial score (nSPS) is 19.0. The summed E-state index contributed by atoms with van der Waals surface area (Å²) in [5, 5.41) is 5.02. The second-order valence-corrected chi connectivity index (χ2v) is 6.08. The van der Waals surface area contributed by atoms with Gasteiger partial charge in [-0.05, 0) is 30.5 Å². The average Bonchev–Trinajstić information content (AvgIpc) is 3.13. The Labute approximate surface area is 142 Å². The second-order valence-electron chi connectivity index (χ2n) is 5.67. The molecule has 0 radical (unpaired) electrons. The summed E-state index contributed by atoms with van der Waals surface area (Å²) in [6.45, 7) is 2.02. The molecule has 1 aromatic heterocycles. The smallest absolute Gasteiger partial charge is 0.313 e. The average molecular weight is 351 g/mol. The number of aromatic amines is 1. The van der Waals surface area contributed by atoms with E-state index in [1.54, 1.807) is 6.33 Å². The van der Waals surface area contributed by atoms with Gasteiger partial charge in [0.2, 0.25) is 0 Å². The van der Waals surface area contributed by atoms with Crippen molar-refractivity contribution in [1.82, 2.24) is 15.3 Å². The number of anilines is 1. The molecule has 0 saturated heterocycles. The standard InChI is InChI=1S/C16H16ClFN4O2/c1-2-8-5-12-14(20-7-19-12)13(8)22-16(24)15(23)21-9-3-4-10(17)11(18)6-9/h3-4,6-8,13H,2,5H2,1H3,(H,19,20)(H,21,23)(H,22,24). The zero-order valence-corrected chi connectivity index (χ0v) is 13.7. The topological polar surface area (TPSA) is 86.9 Å². The fourth-order valence-corrected chi connectivity index (χ4v) is 3.02. The van der Waals surface area contributed by atoms with Crippen LogP contribution in [0.25, 0.3) is 0 Å². The molecule has 0 aliphatic heterocycles. The largest absolute Gasteiger partial charge is 0.348 e. The van der Waals surface area contributed by atoms with Crippen LogP contribution >= 0.6 is 11.6 Å². The highest BCUT2D eigenvalue weighted by Gasteiger charge is 2.35. The lowest BCUT2D eigenvalue weighted by atomic mass is 9.99. The molecule has 1 aliphatic rings. The van der Waals surface area contributed by atoms with Crippen LogP contribution in [0.5, 0.6) is 0 Å². The van der Waals surface area contributed by atoms with Gasteiger partial charge in [-0.1, -0.05) is 24.9 Å². The maximum Gasteiger partial charge on any atom is 0.313 e. The molecule has 24 heavy (non-hydrogen) atoms. The quantitative estimate of drug-likeness (QED) is 0.743. The molecule has 6 nitrogen and oxygen atoms in total. The van der Waals surface area contributed by atoms with Gasteiger partial charge in [0.05, 0.1) is 23.1 Å². The number of amides is 2. The Bertz CT molecular complexity index is 792. The zero-order chi connectivity index (χ0) is 17.3. The molecular weight excluding hydrogens is 335 g/mol. The van der Waals surface area contributed by atoms with Crippen LogP contribution in [0.3, 0.4) is 0 Å². The lowest BCUT2D eigenvalue weighted by Crippen LogP contribution is -2.39. The third-order valence-corrected chi connectivity index (χ3v) is 4.49. The lowest BCUT2D eigenvalue weighted by molar-refractivity contribution is -0.136. The van der Waals surface area contributed by atoms with Crippen molar-refractivity contribution < 1.29 is 14.0 Å². The summed E-state index contributed by atoms with van der Waals surface area (Å²) < 4.78 is 13.4. The zero-order valence-electron chi connectivity index (χ0n) is 12.9. The van der Waals surface area contributed by atoms with Gasteiger partial charge in [0, 0.05) is 11.4 Å². The van der Waals surface area contributed by atoms with E-state index in [4.69, 9.17) is 11.6 Å². The number of halogens is 2. The van der Waals surface area contributed by atoms with Crippen LogP contribution in [0.1, 0.15) is 30.8 Å². The molecule has 1 aliphatic carbocycles. The molecule has 3 rings (SSSR count). The Kier molecular flexibility index (Phi) is 4.53. The van der Waals surface area contributed by atoms with E-state index in [9.17, 15) is 14.0 Å². The van der Waals surface area contributed by atoms with Crippen molar-refractivity contribution in [3.63, 3.8) is 0 Å². The van der Waals surface area contributed by atoms with Gasteiger partial charge in [0.1, 0.15) is 5.82 Å². The first-order chi connectivity index (χ1) is 11.5. The second kappa shape index (κ2) is 6.60. The molecule has 2 unspecified atom stereocenters. The van der Waals surface area contributed by atoms with E-state index in [0.717, 1.165) is 30.3 Å². The molecule has 0 bridgehead atoms. The minimum atomic E-state index is -0.865. The summed E-state index contributed by atoms with van der Waals surface area (Å²) in [7, 11) is 0. The van der Waals surface area contributed by atoms with Crippen LogP contribution in [0.4, 0.5) is 10.1 Å². The van der Waals surface area contributed by atoms with Crippen molar-refractivity contribution in [2.45, 2.75) is 25.8 Å². The minimum Gasteiger partial charge on any atom is -0.348 e. The van der Waals surface area contributed by atoms with Gasteiger partial charge >= 0.3 is 11.8 Å². The van der Waals surface area contributed by atoms with E-state index in [1.807, 2.05) is 6.92 Å². The molecule has 1 heterocycles. The number of nitrogens with zero attached hydrogens (tertiary/aromatic N) is 1. The Morgan fingerprint density at radius 3 is 2.92 bits per heavy atom. The van der Waals surface area contributed by atoms with Crippen LogP contribution in [0.2, 0.25) is 5.02 Å². The summed E-state index contributed by atoms with van der Waals surface area (Å²) in [4.78, 5) is 31.5. The predicted molar refractivity (Wildman–Crippen MR) is 87.0 cm³/mol. The molecule has 8 heteroatoms. The number of hydrogen-bond donors (Lipinski definition) is 3. The van der Waals surface area contributed by atoms with Gasteiger partial charge in [-0.2, -0.15) is 0 Å². The van der Waals surface area contributed by atoms with Crippen molar-refractivity contribution in [1.29, 1.82) is 0 Å². The first-order valence-electron chi connectivity index (χ1n) is 7.58.